The topological polar surface area (TPSA) is 57.8 Å². The first-order valence-electron chi connectivity index (χ1n) is 3.97. The van der Waals surface area contributed by atoms with Crippen molar-refractivity contribution >= 4 is 22.5 Å². The summed E-state index contributed by atoms with van der Waals surface area (Å²) in [5.41, 5.74) is 1.71. The van der Waals surface area contributed by atoms with Gasteiger partial charge in [0.2, 0.25) is 5.91 Å². The highest BCUT2D eigenvalue weighted by Gasteiger charge is 2.02. The average molecular weight is 175 g/mol. The van der Waals surface area contributed by atoms with Crippen LogP contribution in [0, 0.1) is 0 Å². The van der Waals surface area contributed by atoms with E-state index in [1.54, 1.807) is 6.20 Å². The van der Waals surface area contributed by atoms with Gasteiger partial charge < -0.3 is 5.32 Å². The Kier molecular flexibility index (Phi) is 1.73. The van der Waals surface area contributed by atoms with Crippen molar-refractivity contribution in [3.63, 3.8) is 0 Å². The second kappa shape index (κ2) is 2.90. The third-order valence-electron chi connectivity index (χ3n) is 1.80. The van der Waals surface area contributed by atoms with Gasteiger partial charge in [-0.25, -0.2) is 0 Å². The normalized spacial score (nSPS) is 10.2. The highest BCUT2D eigenvalue weighted by atomic mass is 16.1. The predicted octanol–water partition coefficient (Wildman–Crippen LogP) is 1.52. The predicted molar refractivity (Wildman–Crippen MR) is 50.4 cm³/mol. The Bertz CT molecular complexity index is 447. The lowest BCUT2D eigenvalue weighted by Gasteiger charge is -2.01. The fourth-order valence-electron chi connectivity index (χ4n) is 1.27. The number of fused-ring (bicyclic) bond motifs is 1. The molecule has 1 aromatic heterocycles. The minimum Gasteiger partial charge on any atom is -0.326 e. The van der Waals surface area contributed by atoms with E-state index in [1.165, 1.54) is 6.92 Å². The Morgan fingerprint density at radius 1 is 1.54 bits per heavy atom. The summed E-state index contributed by atoms with van der Waals surface area (Å²) in [6, 6.07) is 5.62. The summed E-state index contributed by atoms with van der Waals surface area (Å²) < 4.78 is 0. The zero-order chi connectivity index (χ0) is 9.26. The van der Waals surface area contributed by atoms with E-state index in [0.29, 0.717) is 0 Å². The van der Waals surface area contributed by atoms with Crippen molar-refractivity contribution in [2.75, 3.05) is 5.32 Å². The number of nitrogens with zero attached hydrogens (tertiary/aromatic N) is 1. The third-order valence-corrected chi connectivity index (χ3v) is 1.80. The molecule has 0 spiro atoms. The molecular weight excluding hydrogens is 166 g/mol. The van der Waals surface area contributed by atoms with Crippen molar-refractivity contribution in [1.29, 1.82) is 0 Å². The van der Waals surface area contributed by atoms with Crippen LogP contribution in [0.2, 0.25) is 0 Å². The van der Waals surface area contributed by atoms with Crippen molar-refractivity contribution in [3.8, 4) is 0 Å². The fraction of sp³-hybridized carbons (Fsp3) is 0.111. The van der Waals surface area contributed by atoms with Crippen LogP contribution < -0.4 is 5.32 Å². The molecule has 0 fully saturated rings. The summed E-state index contributed by atoms with van der Waals surface area (Å²) in [6.07, 6.45) is 1.70. The van der Waals surface area contributed by atoms with E-state index < -0.39 is 0 Å². The zero-order valence-electron chi connectivity index (χ0n) is 7.16. The van der Waals surface area contributed by atoms with Crippen LogP contribution in [0.4, 0.5) is 5.69 Å². The van der Waals surface area contributed by atoms with Crippen molar-refractivity contribution < 1.29 is 4.79 Å². The van der Waals surface area contributed by atoms with Gasteiger partial charge in [-0.05, 0) is 12.1 Å². The average Bonchev–Trinajstić information content (AvgIpc) is 2.51. The summed E-state index contributed by atoms with van der Waals surface area (Å²) in [7, 11) is 0. The molecule has 4 nitrogen and oxygen atoms in total. The van der Waals surface area contributed by atoms with E-state index in [0.717, 1.165) is 16.6 Å². The van der Waals surface area contributed by atoms with Gasteiger partial charge >= 0.3 is 0 Å². The van der Waals surface area contributed by atoms with E-state index in [9.17, 15) is 4.79 Å². The summed E-state index contributed by atoms with van der Waals surface area (Å²) in [6.45, 7) is 1.49. The number of benzene rings is 1. The van der Waals surface area contributed by atoms with Crippen LogP contribution in [0.1, 0.15) is 6.92 Å². The summed E-state index contributed by atoms with van der Waals surface area (Å²) in [5.74, 6) is -0.0753. The van der Waals surface area contributed by atoms with E-state index in [-0.39, 0.29) is 5.91 Å². The van der Waals surface area contributed by atoms with Gasteiger partial charge in [-0.1, -0.05) is 6.07 Å². The van der Waals surface area contributed by atoms with E-state index in [1.807, 2.05) is 18.2 Å². The Balaban J connectivity index is 2.54. The number of aromatic nitrogens is 2. The van der Waals surface area contributed by atoms with Gasteiger partial charge in [-0.3, -0.25) is 9.89 Å². The molecule has 0 unspecified atom stereocenters. The Hall–Kier alpha value is -1.84. The number of carbonyl (C=O) groups excluding carboxylic acids is 1. The minimum absolute atomic E-state index is 0.0753. The highest BCUT2D eigenvalue weighted by Crippen LogP contribution is 2.20. The SMILES string of the molecule is CC(=O)Nc1cccc2[nH]ncc12. The van der Waals surface area contributed by atoms with E-state index in [2.05, 4.69) is 15.5 Å². The smallest absolute Gasteiger partial charge is 0.221 e. The number of carbonyl (C=O) groups is 1. The number of anilines is 1. The number of hydrogen-bond donors (Lipinski definition) is 2. The standard InChI is InChI=1S/C9H9N3O/c1-6(13)11-8-3-2-4-9-7(8)5-10-12-9/h2-5H,1H3,(H,10,12)(H,11,13). The van der Waals surface area contributed by atoms with Gasteiger partial charge in [0.15, 0.2) is 0 Å². The van der Waals surface area contributed by atoms with Crippen LogP contribution in [-0.2, 0) is 4.79 Å². The molecule has 1 heterocycles. The maximum absolute atomic E-state index is 10.8. The molecule has 0 bridgehead atoms. The van der Waals surface area contributed by atoms with Crippen LogP contribution >= 0.6 is 0 Å². The van der Waals surface area contributed by atoms with Gasteiger partial charge in [0.1, 0.15) is 0 Å². The number of aromatic amines is 1. The number of hydrogen-bond acceptors (Lipinski definition) is 2. The molecule has 2 rings (SSSR count). The number of rotatable bonds is 1. The van der Waals surface area contributed by atoms with Crippen molar-refractivity contribution in [2.45, 2.75) is 6.92 Å². The molecule has 13 heavy (non-hydrogen) atoms. The zero-order valence-corrected chi connectivity index (χ0v) is 7.16. The molecule has 1 amide bonds. The first-order chi connectivity index (χ1) is 6.27. The van der Waals surface area contributed by atoms with Gasteiger partial charge in [0.05, 0.1) is 17.4 Å². The molecule has 0 saturated heterocycles. The summed E-state index contributed by atoms with van der Waals surface area (Å²) in [4.78, 5) is 10.8. The molecule has 0 aliphatic rings. The molecule has 66 valence electrons. The van der Waals surface area contributed by atoms with Crippen molar-refractivity contribution in [1.82, 2.24) is 10.2 Å². The molecule has 2 N–H and O–H groups in total. The molecule has 0 atom stereocenters. The molecule has 0 radical (unpaired) electrons. The molecule has 2 aromatic rings. The monoisotopic (exact) mass is 175 g/mol. The fourth-order valence-corrected chi connectivity index (χ4v) is 1.27. The van der Waals surface area contributed by atoms with Crippen LogP contribution in [0.15, 0.2) is 24.4 Å². The first-order valence-corrected chi connectivity index (χ1v) is 3.97. The number of amides is 1. The van der Waals surface area contributed by atoms with Crippen molar-refractivity contribution in [3.05, 3.63) is 24.4 Å². The summed E-state index contributed by atoms with van der Waals surface area (Å²) >= 11 is 0. The first kappa shape index (κ1) is 7.79. The Morgan fingerprint density at radius 2 is 2.38 bits per heavy atom. The van der Waals surface area contributed by atoms with Crippen LogP contribution in [0.5, 0.6) is 0 Å². The molecule has 0 aliphatic heterocycles. The molecule has 0 aliphatic carbocycles. The number of H-pyrrole nitrogens is 1. The second-order valence-electron chi connectivity index (χ2n) is 2.82. The maximum atomic E-state index is 10.8. The molecule has 4 heteroatoms. The second-order valence-corrected chi connectivity index (χ2v) is 2.82. The largest absolute Gasteiger partial charge is 0.326 e. The Morgan fingerprint density at radius 3 is 3.15 bits per heavy atom. The van der Waals surface area contributed by atoms with Gasteiger partial charge in [0.25, 0.3) is 0 Å². The van der Waals surface area contributed by atoms with E-state index in [4.69, 9.17) is 0 Å². The van der Waals surface area contributed by atoms with Crippen LogP contribution in [0.25, 0.3) is 10.9 Å². The van der Waals surface area contributed by atoms with E-state index >= 15 is 0 Å². The molecule has 0 saturated carbocycles. The third kappa shape index (κ3) is 1.38. The maximum Gasteiger partial charge on any atom is 0.221 e. The van der Waals surface area contributed by atoms with Gasteiger partial charge in [-0.2, -0.15) is 5.10 Å². The van der Waals surface area contributed by atoms with Crippen molar-refractivity contribution in [2.24, 2.45) is 0 Å². The molecular formula is C9H9N3O. The summed E-state index contributed by atoms with van der Waals surface area (Å²) in [5, 5.41) is 10.4. The lowest BCUT2D eigenvalue weighted by Crippen LogP contribution is -2.05. The van der Waals surface area contributed by atoms with Gasteiger partial charge in [-0.15, -0.1) is 0 Å². The molecule has 1 aromatic carbocycles. The highest BCUT2D eigenvalue weighted by molar-refractivity contribution is 5.99. The number of nitrogens with one attached hydrogen (secondary N) is 2. The quantitative estimate of drug-likeness (QED) is 0.690. The van der Waals surface area contributed by atoms with Crippen LogP contribution in [0.3, 0.4) is 0 Å². The lowest BCUT2D eigenvalue weighted by atomic mass is 10.2. The lowest BCUT2D eigenvalue weighted by molar-refractivity contribution is -0.114. The Labute approximate surface area is 75.0 Å². The van der Waals surface area contributed by atoms with Crippen LogP contribution in [-0.4, -0.2) is 16.1 Å². The minimum atomic E-state index is -0.0753. The van der Waals surface area contributed by atoms with Gasteiger partial charge in [0, 0.05) is 12.3 Å².